The molecule has 2 rings (SSSR count). The number of amides is 3. The molecule has 0 heterocycles. The van der Waals surface area contributed by atoms with E-state index in [1.165, 1.54) is 0 Å². The molecule has 2 unspecified atom stereocenters. The molecule has 232 valence electrons. The van der Waals surface area contributed by atoms with Crippen LogP contribution in [0.25, 0.3) is 0 Å². The Kier molecular flexibility index (Phi) is 12.9. The van der Waals surface area contributed by atoms with E-state index in [9.17, 15) is 19.5 Å². The molecule has 0 aliphatic heterocycles. The Morgan fingerprint density at radius 3 is 2.00 bits per heavy atom. The second-order valence-electron chi connectivity index (χ2n) is 12.4. The van der Waals surface area contributed by atoms with Crippen LogP contribution in [0.3, 0.4) is 0 Å². The largest absolute Gasteiger partial charge is 0.508 e. The van der Waals surface area contributed by atoms with Crippen LogP contribution in [0.5, 0.6) is 5.75 Å². The molecule has 0 fully saturated rings. The number of nitrogens with one attached hydrogen (secondary N) is 2. The Bertz CT molecular complexity index is 1150. The van der Waals surface area contributed by atoms with Gasteiger partial charge in [-0.1, -0.05) is 70.0 Å². The minimum absolute atomic E-state index is 0.103. The van der Waals surface area contributed by atoms with Gasteiger partial charge in [0.2, 0.25) is 11.8 Å². The van der Waals surface area contributed by atoms with E-state index in [0.717, 1.165) is 36.8 Å². The molecule has 0 spiro atoms. The van der Waals surface area contributed by atoms with Gasteiger partial charge < -0.3 is 25.4 Å². The lowest BCUT2D eigenvalue weighted by Gasteiger charge is -2.44. The van der Waals surface area contributed by atoms with Gasteiger partial charge in [0.05, 0.1) is 0 Å². The first kappa shape index (κ1) is 34.7. The highest BCUT2D eigenvalue weighted by molar-refractivity contribution is 5.93. The van der Waals surface area contributed by atoms with E-state index in [-0.39, 0.29) is 18.1 Å². The summed E-state index contributed by atoms with van der Waals surface area (Å²) < 4.78 is 5.52. The van der Waals surface area contributed by atoms with E-state index in [4.69, 9.17) is 4.74 Å². The van der Waals surface area contributed by atoms with Gasteiger partial charge in [0.25, 0.3) is 0 Å². The molecule has 8 nitrogen and oxygen atoms in total. The maximum atomic E-state index is 14.7. The molecule has 2 aromatic carbocycles. The Labute approximate surface area is 252 Å². The van der Waals surface area contributed by atoms with Gasteiger partial charge in [0.1, 0.15) is 23.4 Å². The van der Waals surface area contributed by atoms with Crippen molar-refractivity contribution in [3.8, 4) is 5.75 Å². The number of phenolic OH excluding ortho intramolecular Hbond substituents is 1. The van der Waals surface area contributed by atoms with E-state index in [1.807, 2.05) is 45.0 Å². The van der Waals surface area contributed by atoms with Crippen molar-refractivity contribution < 1.29 is 24.2 Å². The fraction of sp³-hybridized carbons (Fsp3) is 0.559. The topological polar surface area (TPSA) is 108 Å². The van der Waals surface area contributed by atoms with Crippen molar-refractivity contribution in [3.05, 3.63) is 65.2 Å². The molecular formula is C34H51N3O5. The van der Waals surface area contributed by atoms with E-state index < -0.39 is 35.2 Å². The zero-order chi connectivity index (χ0) is 31.5. The normalized spacial score (nSPS) is 13.1. The first-order valence-corrected chi connectivity index (χ1v) is 15.2. The third-order valence-electron chi connectivity index (χ3n) is 7.41. The van der Waals surface area contributed by atoms with Gasteiger partial charge in [-0.05, 0) is 82.7 Å². The van der Waals surface area contributed by atoms with Gasteiger partial charge in [-0.15, -0.1) is 0 Å². The average molecular weight is 582 g/mol. The lowest BCUT2D eigenvalue weighted by atomic mass is 9.90. The van der Waals surface area contributed by atoms with Crippen LogP contribution in [-0.2, 0) is 27.2 Å². The molecule has 0 saturated heterocycles. The fourth-order valence-corrected chi connectivity index (χ4v) is 4.67. The van der Waals surface area contributed by atoms with Crippen LogP contribution in [0.15, 0.2) is 48.5 Å². The summed E-state index contributed by atoms with van der Waals surface area (Å²) in [6.07, 6.45) is 3.72. The summed E-state index contributed by atoms with van der Waals surface area (Å²) in [5.74, 6) is -0.550. The molecule has 0 bridgehead atoms. The van der Waals surface area contributed by atoms with Crippen LogP contribution in [-0.4, -0.2) is 51.6 Å². The third kappa shape index (κ3) is 10.4. The predicted octanol–water partition coefficient (Wildman–Crippen LogP) is 6.46. The van der Waals surface area contributed by atoms with Gasteiger partial charge in [0, 0.05) is 18.5 Å². The van der Waals surface area contributed by atoms with Gasteiger partial charge >= 0.3 is 6.09 Å². The van der Waals surface area contributed by atoms with Crippen molar-refractivity contribution in [2.75, 3.05) is 6.54 Å². The second kappa shape index (κ2) is 15.6. The number of rotatable bonds is 14. The fourth-order valence-electron chi connectivity index (χ4n) is 4.67. The smallest absolute Gasteiger partial charge is 0.408 e. The van der Waals surface area contributed by atoms with Gasteiger partial charge in [-0.25, -0.2) is 4.79 Å². The summed E-state index contributed by atoms with van der Waals surface area (Å²) in [5.41, 5.74) is 1.07. The SMILES string of the molecule is CCCCCNC(=O)C(c1ccc(CC)cc1)N(C(=O)C(Cc1ccc(O)cc1)NC(=O)OC(C)(C)C)C(C)(C)CC. The molecule has 0 radical (unpaired) electrons. The van der Waals surface area contributed by atoms with Crippen LogP contribution in [0.2, 0.25) is 0 Å². The van der Waals surface area contributed by atoms with Crippen LogP contribution in [0.1, 0.15) is 104 Å². The Balaban J connectivity index is 2.62. The molecule has 0 aliphatic carbocycles. The number of aryl methyl sites for hydroxylation is 1. The summed E-state index contributed by atoms with van der Waals surface area (Å²) in [6, 6.07) is 12.4. The van der Waals surface area contributed by atoms with Crippen molar-refractivity contribution in [2.24, 2.45) is 0 Å². The number of carbonyl (C=O) groups is 3. The quantitative estimate of drug-likeness (QED) is 0.222. The summed E-state index contributed by atoms with van der Waals surface area (Å²) in [5, 5.41) is 15.7. The van der Waals surface area contributed by atoms with Gasteiger partial charge in [-0.3, -0.25) is 9.59 Å². The van der Waals surface area contributed by atoms with Crippen molar-refractivity contribution in [1.29, 1.82) is 0 Å². The first-order chi connectivity index (χ1) is 19.7. The van der Waals surface area contributed by atoms with Crippen LogP contribution >= 0.6 is 0 Å². The maximum absolute atomic E-state index is 14.7. The minimum Gasteiger partial charge on any atom is -0.508 e. The Morgan fingerprint density at radius 2 is 1.48 bits per heavy atom. The molecule has 0 aliphatic rings. The molecule has 2 aromatic rings. The molecule has 0 aromatic heterocycles. The highest BCUT2D eigenvalue weighted by Crippen LogP contribution is 2.33. The molecule has 3 N–H and O–H groups in total. The van der Waals surface area contributed by atoms with Crippen molar-refractivity contribution in [3.63, 3.8) is 0 Å². The lowest BCUT2D eigenvalue weighted by Crippen LogP contribution is -2.59. The zero-order valence-corrected chi connectivity index (χ0v) is 26.8. The number of unbranched alkanes of at least 4 members (excludes halogenated alkanes) is 2. The van der Waals surface area contributed by atoms with Crippen molar-refractivity contribution >= 4 is 17.9 Å². The highest BCUT2D eigenvalue weighted by atomic mass is 16.6. The molecule has 3 amide bonds. The summed E-state index contributed by atoms with van der Waals surface area (Å²) >= 11 is 0. The Hall–Kier alpha value is -3.55. The number of carbonyl (C=O) groups excluding carboxylic acids is 3. The second-order valence-corrected chi connectivity index (χ2v) is 12.4. The van der Waals surface area contributed by atoms with Crippen LogP contribution in [0, 0.1) is 0 Å². The summed E-state index contributed by atoms with van der Waals surface area (Å²) in [6.45, 7) is 15.8. The number of alkyl carbamates (subject to hydrolysis) is 1. The third-order valence-corrected chi connectivity index (χ3v) is 7.41. The molecule has 2 atom stereocenters. The van der Waals surface area contributed by atoms with Gasteiger partial charge in [-0.2, -0.15) is 0 Å². The summed E-state index contributed by atoms with van der Waals surface area (Å²) in [4.78, 5) is 43.2. The zero-order valence-electron chi connectivity index (χ0n) is 26.8. The number of hydrogen-bond acceptors (Lipinski definition) is 5. The van der Waals surface area contributed by atoms with E-state index in [0.29, 0.717) is 18.5 Å². The number of benzene rings is 2. The molecule has 42 heavy (non-hydrogen) atoms. The van der Waals surface area contributed by atoms with Crippen molar-refractivity contribution in [1.82, 2.24) is 15.5 Å². The number of hydrogen-bond donors (Lipinski definition) is 3. The molecule has 8 heteroatoms. The maximum Gasteiger partial charge on any atom is 0.408 e. The monoisotopic (exact) mass is 581 g/mol. The number of nitrogens with zero attached hydrogens (tertiary/aromatic N) is 1. The number of phenols is 1. The Morgan fingerprint density at radius 1 is 0.881 bits per heavy atom. The first-order valence-electron chi connectivity index (χ1n) is 15.2. The molecule has 0 saturated carbocycles. The highest BCUT2D eigenvalue weighted by Gasteiger charge is 2.43. The molecular weight excluding hydrogens is 530 g/mol. The minimum atomic E-state index is -1.03. The number of aromatic hydroxyl groups is 1. The van der Waals surface area contributed by atoms with E-state index in [1.54, 1.807) is 49.9 Å². The standard InChI is InChI=1S/C34H51N3O5/c1-9-12-13-22-35-30(39)29(26-18-14-24(10-2)15-19-26)37(34(7,8)11-3)31(40)28(36-32(41)42-33(4,5)6)23-25-16-20-27(38)21-17-25/h14-21,28-29,38H,9-13,22-23H2,1-8H3,(H,35,39)(H,36,41). The van der Waals surface area contributed by atoms with E-state index >= 15 is 0 Å². The van der Waals surface area contributed by atoms with Crippen LogP contribution < -0.4 is 10.6 Å². The van der Waals surface area contributed by atoms with Gasteiger partial charge in [0.15, 0.2) is 0 Å². The summed E-state index contributed by atoms with van der Waals surface area (Å²) in [7, 11) is 0. The van der Waals surface area contributed by atoms with Crippen molar-refractivity contribution in [2.45, 2.75) is 117 Å². The van der Waals surface area contributed by atoms with Crippen LogP contribution in [0.4, 0.5) is 4.79 Å². The van der Waals surface area contributed by atoms with E-state index in [2.05, 4.69) is 24.5 Å². The lowest BCUT2D eigenvalue weighted by molar-refractivity contribution is -0.149. The number of ether oxygens (including phenoxy) is 1. The average Bonchev–Trinajstić information content (AvgIpc) is 2.93. The predicted molar refractivity (Wildman–Crippen MR) is 167 cm³/mol.